The molecule has 150 valence electrons. The highest BCUT2D eigenvalue weighted by Gasteiger charge is 2.26. The Kier molecular flexibility index (Phi) is 5.11. The third kappa shape index (κ3) is 3.51. The zero-order chi connectivity index (χ0) is 20.4. The van der Waals surface area contributed by atoms with Crippen molar-refractivity contribution in [1.82, 2.24) is 24.6 Å². The van der Waals surface area contributed by atoms with E-state index in [1.807, 2.05) is 19.1 Å². The van der Waals surface area contributed by atoms with Gasteiger partial charge >= 0.3 is 6.01 Å². The first-order valence-electron chi connectivity index (χ1n) is 9.53. The van der Waals surface area contributed by atoms with E-state index < -0.39 is 0 Å². The highest BCUT2D eigenvalue weighted by molar-refractivity contribution is 6.04. The van der Waals surface area contributed by atoms with Crippen LogP contribution in [0.1, 0.15) is 17.4 Å². The number of hydrogen-bond acceptors (Lipinski definition) is 7. The summed E-state index contributed by atoms with van der Waals surface area (Å²) in [4.78, 5) is 38.0. The van der Waals surface area contributed by atoms with Gasteiger partial charge in [-0.2, -0.15) is 10.1 Å². The molecular weight excluding hydrogens is 372 g/mol. The van der Waals surface area contributed by atoms with Gasteiger partial charge in [-0.1, -0.05) is 18.2 Å². The topological polar surface area (TPSA) is 93.5 Å². The fraction of sp³-hybridized carbons (Fsp3) is 0.350. The fourth-order valence-electron chi connectivity index (χ4n) is 3.50. The summed E-state index contributed by atoms with van der Waals surface area (Å²) in [7, 11) is 1.53. The summed E-state index contributed by atoms with van der Waals surface area (Å²) in [5.41, 5.74) is 0.140. The zero-order valence-electron chi connectivity index (χ0n) is 16.4. The molecule has 1 aromatic carbocycles. The molecule has 0 bridgehead atoms. The van der Waals surface area contributed by atoms with E-state index in [0.717, 1.165) is 5.82 Å². The van der Waals surface area contributed by atoms with E-state index in [1.165, 1.54) is 11.8 Å². The predicted molar refractivity (Wildman–Crippen MR) is 108 cm³/mol. The van der Waals surface area contributed by atoms with Gasteiger partial charge in [0.05, 0.1) is 12.5 Å². The van der Waals surface area contributed by atoms with Crippen LogP contribution in [0.25, 0.3) is 10.8 Å². The molecule has 0 aliphatic carbocycles. The maximum Gasteiger partial charge on any atom is 0.318 e. The van der Waals surface area contributed by atoms with Gasteiger partial charge in [-0.15, -0.1) is 0 Å². The molecule has 1 amide bonds. The Morgan fingerprint density at radius 3 is 2.52 bits per heavy atom. The minimum atomic E-state index is -0.179. The lowest BCUT2D eigenvalue weighted by Crippen LogP contribution is -2.49. The van der Waals surface area contributed by atoms with Crippen LogP contribution in [0.2, 0.25) is 0 Å². The van der Waals surface area contributed by atoms with Gasteiger partial charge in [0.2, 0.25) is 0 Å². The van der Waals surface area contributed by atoms with Gasteiger partial charge in [0.1, 0.15) is 5.82 Å². The maximum atomic E-state index is 13.2. The Bertz CT molecular complexity index is 1100. The van der Waals surface area contributed by atoms with E-state index in [9.17, 15) is 9.59 Å². The zero-order valence-corrected chi connectivity index (χ0v) is 16.4. The monoisotopic (exact) mass is 394 g/mol. The number of nitrogens with zero attached hydrogens (tertiary/aromatic N) is 6. The Balaban J connectivity index is 1.57. The molecule has 0 saturated carbocycles. The molecule has 0 atom stereocenters. The second kappa shape index (κ2) is 7.86. The van der Waals surface area contributed by atoms with Crippen LogP contribution in [0.15, 0.2) is 41.3 Å². The number of aromatic nitrogens is 4. The lowest BCUT2D eigenvalue weighted by Gasteiger charge is -2.35. The third-order valence-electron chi connectivity index (χ3n) is 5.06. The fourth-order valence-corrected chi connectivity index (χ4v) is 3.50. The number of rotatable bonds is 4. The average Bonchev–Trinajstić information content (AvgIpc) is 2.79. The molecule has 29 heavy (non-hydrogen) atoms. The van der Waals surface area contributed by atoms with Crippen LogP contribution in [0.5, 0.6) is 6.01 Å². The number of benzene rings is 1. The lowest BCUT2D eigenvalue weighted by molar-refractivity contribution is 0.0740. The number of hydrogen-bond donors (Lipinski definition) is 0. The van der Waals surface area contributed by atoms with Crippen molar-refractivity contribution in [1.29, 1.82) is 0 Å². The molecule has 9 heteroatoms. The lowest BCUT2D eigenvalue weighted by atomic mass is 10.1. The van der Waals surface area contributed by atoms with Gasteiger partial charge in [0.15, 0.2) is 5.69 Å². The molecule has 3 aromatic rings. The number of carbonyl (C=O) groups excluding carboxylic acids is 1. The van der Waals surface area contributed by atoms with Crippen LogP contribution >= 0.6 is 0 Å². The molecule has 4 rings (SSSR count). The van der Waals surface area contributed by atoms with Gasteiger partial charge in [-0.25, -0.2) is 9.67 Å². The van der Waals surface area contributed by atoms with Gasteiger partial charge in [-0.05, 0) is 19.1 Å². The number of aryl methyl sites for hydroxylation is 1. The number of anilines is 1. The highest BCUT2D eigenvalue weighted by atomic mass is 16.5. The van der Waals surface area contributed by atoms with Crippen molar-refractivity contribution in [2.75, 3.05) is 38.2 Å². The summed E-state index contributed by atoms with van der Waals surface area (Å²) < 4.78 is 6.43. The largest absolute Gasteiger partial charge is 0.467 e. The molecule has 9 nitrogen and oxygen atoms in total. The third-order valence-corrected chi connectivity index (χ3v) is 5.06. The first-order valence-corrected chi connectivity index (χ1v) is 9.53. The van der Waals surface area contributed by atoms with Crippen molar-refractivity contribution >= 4 is 22.5 Å². The van der Waals surface area contributed by atoms with E-state index in [4.69, 9.17) is 4.74 Å². The summed E-state index contributed by atoms with van der Waals surface area (Å²) in [5, 5.41) is 5.46. The number of piperazine rings is 1. The van der Waals surface area contributed by atoms with E-state index in [2.05, 4.69) is 20.0 Å². The van der Waals surface area contributed by atoms with E-state index in [0.29, 0.717) is 55.2 Å². The summed E-state index contributed by atoms with van der Waals surface area (Å²) in [6.45, 7) is 4.59. The van der Waals surface area contributed by atoms with Gasteiger partial charge in [0, 0.05) is 44.3 Å². The molecule has 1 saturated heterocycles. The van der Waals surface area contributed by atoms with Crippen molar-refractivity contribution in [3.05, 3.63) is 52.6 Å². The van der Waals surface area contributed by atoms with Crippen LogP contribution in [-0.2, 0) is 6.54 Å². The number of amides is 1. The van der Waals surface area contributed by atoms with Crippen molar-refractivity contribution in [2.24, 2.45) is 0 Å². The number of carbonyl (C=O) groups is 1. The Hall–Kier alpha value is -3.49. The molecule has 1 aliphatic heterocycles. The van der Waals surface area contributed by atoms with Crippen molar-refractivity contribution in [2.45, 2.75) is 13.5 Å². The molecule has 1 fully saturated rings. The van der Waals surface area contributed by atoms with Crippen molar-refractivity contribution in [3.8, 4) is 6.01 Å². The van der Waals surface area contributed by atoms with E-state index >= 15 is 0 Å². The highest BCUT2D eigenvalue weighted by Crippen LogP contribution is 2.19. The molecule has 0 radical (unpaired) electrons. The summed E-state index contributed by atoms with van der Waals surface area (Å²) >= 11 is 0. The standard InChI is InChI=1S/C20H22N6O3/c1-3-26-18(27)15-7-5-4-6-14(15)17(23-26)19(28)25-12-10-24(11-13-25)16-8-9-21-20(22-16)29-2/h4-9H,3,10-13H2,1-2H3. The predicted octanol–water partition coefficient (Wildman–Crippen LogP) is 1.18. The first-order chi connectivity index (χ1) is 14.1. The van der Waals surface area contributed by atoms with Crippen LogP contribution in [0.3, 0.4) is 0 Å². The van der Waals surface area contributed by atoms with E-state index in [-0.39, 0.29) is 11.5 Å². The summed E-state index contributed by atoms with van der Waals surface area (Å²) in [6, 6.07) is 9.28. The number of ether oxygens (including phenoxy) is 1. The molecular formula is C20H22N6O3. The van der Waals surface area contributed by atoms with Crippen LogP contribution in [0.4, 0.5) is 5.82 Å². The normalized spacial score (nSPS) is 14.3. The quantitative estimate of drug-likeness (QED) is 0.656. The van der Waals surface area contributed by atoms with Gasteiger partial charge < -0.3 is 14.5 Å². The average molecular weight is 394 g/mol. The minimum Gasteiger partial charge on any atom is -0.467 e. The summed E-state index contributed by atoms with van der Waals surface area (Å²) in [6.07, 6.45) is 1.66. The van der Waals surface area contributed by atoms with Crippen LogP contribution < -0.4 is 15.2 Å². The van der Waals surface area contributed by atoms with Crippen molar-refractivity contribution in [3.63, 3.8) is 0 Å². The summed E-state index contributed by atoms with van der Waals surface area (Å²) in [5.74, 6) is 0.607. The smallest absolute Gasteiger partial charge is 0.318 e. The van der Waals surface area contributed by atoms with Gasteiger partial charge in [-0.3, -0.25) is 9.59 Å². The molecule has 0 N–H and O–H groups in total. The van der Waals surface area contributed by atoms with Crippen molar-refractivity contribution < 1.29 is 9.53 Å². The first kappa shape index (κ1) is 18.9. The van der Waals surface area contributed by atoms with Crippen LogP contribution in [0, 0.1) is 0 Å². The Labute approximate surface area is 167 Å². The molecule has 3 heterocycles. The second-order valence-electron chi connectivity index (χ2n) is 6.70. The molecule has 1 aliphatic rings. The number of methoxy groups -OCH3 is 1. The number of fused-ring (bicyclic) bond motifs is 1. The Morgan fingerprint density at radius 2 is 1.83 bits per heavy atom. The van der Waals surface area contributed by atoms with Crippen LogP contribution in [-0.4, -0.2) is 63.8 Å². The second-order valence-corrected chi connectivity index (χ2v) is 6.70. The van der Waals surface area contributed by atoms with E-state index in [1.54, 1.807) is 29.3 Å². The molecule has 0 unspecified atom stereocenters. The SMILES string of the molecule is CCn1nc(C(=O)N2CCN(c3ccnc(OC)n3)CC2)c2ccccc2c1=O. The minimum absolute atomic E-state index is 0.164. The Morgan fingerprint density at radius 1 is 1.10 bits per heavy atom. The maximum absolute atomic E-state index is 13.2. The molecule has 0 spiro atoms. The van der Waals surface area contributed by atoms with Gasteiger partial charge in [0.25, 0.3) is 11.5 Å². The molecule has 2 aromatic heterocycles.